The number of nitro benzene ring substituents is 1. The summed E-state index contributed by atoms with van der Waals surface area (Å²) in [6.07, 6.45) is 2.10. The van der Waals surface area contributed by atoms with Gasteiger partial charge in [-0.05, 0) is 55.2 Å². The van der Waals surface area contributed by atoms with Crippen molar-refractivity contribution < 1.29 is 14.5 Å². The van der Waals surface area contributed by atoms with Gasteiger partial charge in [-0.15, -0.1) is 0 Å². The predicted molar refractivity (Wildman–Crippen MR) is 107 cm³/mol. The molecular formula is C20H22N4O4. The number of amides is 2. The predicted octanol–water partition coefficient (Wildman–Crippen LogP) is 3.18. The Kier molecular flexibility index (Phi) is 5.58. The number of nitrogens with zero attached hydrogens (tertiary/aromatic N) is 2. The maximum absolute atomic E-state index is 12.5. The van der Waals surface area contributed by atoms with Crippen LogP contribution in [0.15, 0.2) is 42.5 Å². The highest BCUT2D eigenvalue weighted by Crippen LogP contribution is 2.32. The van der Waals surface area contributed by atoms with E-state index >= 15 is 0 Å². The Morgan fingerprint density at radius 2 is 1.86 bits per heavy atom. The molecule has 1 fully saturated rings. The van der Waals surface area contributed by atoms with Gasteiger partial charge in [0.25, 0.3) is 11.6 Å². The number of hydrogen-bond donors (Lipinski definition) is 2. The zero-order valence-corrected chi connectivity index (χ0v) is 15.6. The molecule has 2 aromatic carbocycles. The summed E-state index contributed by atoms with van der Waals surface area (Å²) in [6.45, 7) is 3.66. The summed E-state index contributed by atoms with van der Waals surface area (Å²) in [6, 6.07) is 10.6. The fraction of sp³-hybridized carbons (Fsp3) is 0.300. The van der Waals surface area contributed by atoms with Crippen LogP contribution in [0.2, 0.25) is 0 Å². The molecule has 0 aliphatic carbocycles. The number of carbonyl (C=O) groups excluding carboxylic acids is 2. The topological polar surface area (TPSA) is 119 Å². The first-order chi connectivity index (χ1) is 13.3. The third-order valence-electron chi connectivity index (χ3n) is 4.86. The molecule has 1 heterocycles. The average molecular weight is 382 g/mol. The molecule has 0 radical (unpaired) electrons. The van der Waals surface area contributed by atoms with Gasteiger partial charge in [0.15, 0.2) is 0 Å². The van der Waals surface area contributed by atoms with E-state index in [1.54, 1.807) is 24.3 Å². The van der Waals surface area contributed by atoms with Crippen molar-refractivity contribution in [3.63, 3.8) is 0 Å². The zero-order chi connectivity index (χ0) is 20.3. The van der Waals surface area contributed by atoms with Crippen molar-refractivity contribution in [1.82, 2.24) is 0 Å². The number of hydrogen-bond acceptors (Lipinski definition) is 5. The Morgan fingerprint density at radius 1 is 1.18 bits per heavy atom. The van der Waals surface area contributed by atoms with Crippen molar-refractivity contribution in [3.8, 4) is 0 Å². The summed E-state index contributed by atoms with van der Waals surface area (Å²) in [4.78, 5) is 36.8. The number of nitrogens with one attached hydrogen (secondary N) is 1. The minimum Gasteiger partial charge on any atom is -0.366 e. The third kappa shape index (κ3) is 4.28. The summed E-state index contributed by atoms with van der Waals surface area (Å²) in [5.74, 6) is -0.552. The van der Waals surface area contributed by atoms with Gasteiger partial charge in [-0.3, -0.25) is 19.7 Å². The van der Waals surface area contributed by atoms with Crippen LogP contribution in [0.25, 0.3) is 0 Å². The second kappa shape index (κ2) is 8.08. The average Bonchev–Trinajstić information content (AvgIpc) is 2.67. The Balaban J connectivity index is 1.81. The van der Waals surface area contributed by atoms with Crippen LogP contribution in [0.1, 0.15) is 40.5 Å². The molecule has 8 heteroatoms. The van der Waals surface area contributed by atoms with Crippen molar-refractivity contribution >= 4 is 28.9 Å². The number of primary amides is 1. The third-order valence-corrected chi connectivity index (χ3v) is 4.86. The van der Waals surface area contributed by atoms with Crippen LogP contribution in [0.4, 0.5) is 17.1 Å². The highest BCUT2D eigenvalue weighted by molar-refractivity contribution is 6.05. The normalized spacial score (nSPS) is 16.5. The summed E-state index contributed by atoms with van der Waals surface area (Å²) in [5.41, 5.74) is 6.64. The quantitative estimate of drug-likeness (QED) is 0.608. The molecule has 0 spiro atoms. The van der Waals surface area contributed by atoms with E-state index in [0.717, 1.165) is 25.9 Å². The number of nitro groups is 1. The van der Waals surface area contributed by atoms with Crippen LogP contribution in [0, 0.1) is 16.0 Å². The van der Waals surface area contributed by atoms with Crippen LogP contribution in [0.3, 0.4) is 0 Å². The number of carbonyl (C=O) groups is 2. The van der Waals surface area contributed by atoms with E-state index in [1.165, 1.54) is 18.2 Å². The molecule has 1 atom stereocenters. The lowest BCUT2D eigenvalue weighted by atomic mass is 9.99. The SMILES string of the molecule is C[C@@H]1CCCN(c2ccc(C(=O)Nc3ccc(C(N)=O)cc3)cc2[N+](=O)[O-])C1. The largest absolute Gasteiger partial charge is 0.366 e. The van der Waals surface area contributed by atoms with E-state index in [4.69, 9.17) is 5.73 Å². The standard InChI is InChI=1S/C20H22N4O4/c1-13-3-2-10-23(12-13)17-9-6-15(11-18(17)24(27)28)20(26)22-16-7-4-14(5-8-16)19(21)25/h4-9,11,13H,2-3,10,12H2,1H3,(H2,21,25)(H,22,26)/t13-/m1/s1. The molecule has 8 nitrogen and oxygen atoms in total. The fourth-order valence-corrected chi connectivity index (χ4v) is 3.41. The summed E-state index contributed by atoms with van der Waals surface area (Å²) < 4.78 is 0. The number of piperidine rings is 1. The fourth-order valence-electron chi connectivity index (χ4n) is 3.41. The molecule has 1 saturated heterocycles. The molecule has 3 N–H and O–H groups in total. The van der Waals surface area contributed by atoms with Crippen molar-refractivity contribution in [2.75, 3.05) is 23.3 Å². The Morgan fingerprint density at radius 3 is 2.46 bits per heavy atom. The number of anilines is 2. The molecular weight excluding hydrogens is 360 g/mol. The minimum atomic E-state index is -0.559. The first kappa shape index (κ1) is 19.3. The molecule has 2 aromatic rings. The van der Waals surface area contributed by atoms with Crippen molar-refractivity contribution in [1.29, 1.82) is 0 Å². The van der Waals surface area contributed by atoms with Gasteiger partial charge in [0.05, 0.1) is 4.92 Å². The molecule has 146 valence electrons. The van der Waals surface area contributed by atoms with Gasteiger partial charge < -0.3 is 16.0 Å². The van der Waals surface area contributed by atoms with Crippen molar-refractivity contribution in [3.05, 3.63) is 63.7 Å². The van der Waals surface area contributed by atoms with E-state index in [0.29, 0.717) is 22.9 Å². The maximum Gasteiger partial charge on any atom is 0.293 e. The van der Waals surface area contributed by atoms with E-state index in [2.05, 4.69) is 12.2 Å². The lowest BCUT2D eigenvalue weighted by Crippen LogP contribution is -2.34. The molecule has 0 aromatic heterocycles. The zero-order valence-electron chi connectivity index (χ0n) is 15.6. The summed E-state index contributed by atoms with van der Waals surface area (Å²) in [7, 11) is 0. The molecule has 1 aliphatic heterocycles. The Labute approximate surface area is 162 Å². The molecule has 3 rings (SSSR count). The summed E-state index contributed by atoms with van der Waals surface area (Å²) >= 11 is 0. The second-order valence-electron chi connectivity index (χ2n) is 7.05. The number of nitrogens with two attached hydrogens (primary N) is 1. The van der Waals surface area contributed by atoms with Crippen LogP contribution in [-0.2, 0) is 0 Å². The second-order valence-corrected chi connectivity index (χ2v) is 7.05. The molecule has 2 amide bonds. The van der Waals surface area contributed by atoms with Crippen LogP contribution < -0.4 is 16.0 Å². The van der Waals surface area contributed by atoms with Gasteiger partial charge in [0.1, 0.15) is 5.69 Å². The smallest absolute Gasteiger partial charge is 0.293 e. The number of benzene rings is 2. The van der Waals surface area contributed by atoms with E-state index in [1.807, 2.05) is 4.90 Å². The van der Waals surface area contributed by atoms with Gasteiger partial charge >= 0.3 is 0 Å². The van der Waals surface area contributed by atoms with Gasteiger partial charge in [-0.1, -0.05) is 6.92 Å². The lowest BCUT2D eigenvalue weighted by molar-refractivity contribution is -0.384. The first-order valence-electron chi connectivity index (χ1n) is 9.09. The van der Waals surface area contributed by atoms with Gasteiger partial charge in [-0.25, -0.2) is 0 Å². The monoisotopic (exact) mass is 382 g/mol. The molecule has 1 aliphatic rings. The van der Waals surface area contributed by atoms with E-state index in [9.17, 15) is 19.7 Å². The summed E-state index contributed by atoms with van der Waals surface area (Å²) in [5, 5.41) is 14.3. The molecule has 0 unspecified atom stereocenters. The first-order valence-corrected chi connectivity index (χ1v) is 9.09. The highest BCUT2D eigenvalue weighted by atomic mass is 16.6. The van der Waals surface area contributed by atoms with E-state index in [-0.39, 0.29) is 11.3 Å². The Hall–Kier alpha value is -3.42. The Bertz CT molecular complexity index is 911. The van der Waals surface area contributed by atoms with E-state index < -0.39 is 16.7 Å². The van der Waals surface area contributed by atoms with Gasteiger partial charge in [0.2, 0.25) is 5.91 Å². The maximum atomic E-state index is 12.5. The van der Waals surface area contributed by atoms with Crippen molar-refractivity contribution in [2.24, 2.45) is 11.7 Å². The molecule has 0 bridgehead atoms. The van der Waals surface area contributed by atoms with Crippen LogP contribution >= 0.6 is 0 Å². The van der Waals surface area contributed by atoms with Crippen LogP contribution in [0.5, 0.6) is 0 Å². The molecule has 28 heavy (non-hydrogen) atoms. The number of rotatable bonds is 5. The lowest BCUT2D eigenvalue weighted by Gasteiger charge is -2.32. The van der Waals surface area contributed by atoms with Crippen molar-refractivity contribution in [2.45, 2.75) is 19.8 Å². The minimum absolute atomic E-state index is 0.0779. The van der Waals surface area contributed by atoms with Gasteiger partial charge in [0, 0.05) is 36.0 Å². The van der Waals surface area contributed by atoms with Gasteiger partial charge in [-0.2, -0.15) is 0 Å². The molecule has 0 saturated carbocycles. The van der Waals surface area contributed by atoms with Crippen LogP contribution in [-0.4, -0.2) is 29.8 Å². The highest BCUT2D eigenvalue weighted by Gasteiger charge is 2.25.